The highest BCUT2D eigenvalue weighted by atomic mass is 35.5. The maximum atomic E-state index is 11.7. The number of benzene rings is 2. The molecule has 0 saturated heterocycles. The molecule has 132 valence electrons. The third-order valence-electron chi connectivity index (χ3n) is 3.76. The fourth-order valence-electron chi connectivity index (χ4n) is 2.40. The van der Waals surface area contributed by atoms with Crippen LogP contribution in [0.25, 0.3) is 0 Å². The number of hydrogen-bond acceptors (Lipinski definition) is 6. The summed E-state index contributed by atoms with van der Waals surface area (Å²) in [6.45, 7) is 1.82. The monoisotopic (exact) mass is 370 g/mol. The van der Waals surface area contributed by atoms with Crippen LogP contribution in [-0.2, 0) is 0 Å². The third-order valence-corrected chi connectivity index (χ3v) is 4.18. The summed E-state index contributed by atoms with van der Waals surface area (Å²) in [5, 5.41) is 12.3. The van der Waals surface area contributed by atoms with E-state index in [9.17, 15) is 10.1 Å². The predicted molar refractivity (Wildman–Crippen MR) is 99.5 cm³/mol. The van der Waals surface area contributed by atoms with Gasteiger partial charge in [0, 0.05) is 17.8 Å². The number of rotatable bonds is 5. The van der Waals surface area contributed by atoms with Crippen molar-refractivity contribution >= 4 is 28.8 Å². The molecule has 0 spiro atoms. The number of halogens is 1. The highest BCUT2D eigenvalue weighted by Gasteiger charge is 2.28. The Hall–Kier alpha value is -3.19. The second kappa shape index (κ2) is 7.37. The zero-order chi connectivity index (χ0) is 18.7. The molecular weight excluding hydrogens is 356 g/mol. The van der Waals surface area contributed by atoms with Crippen molar-refractivity contribution < 1.29 is 9.66 Å². The van der Waals surface area contributed by atoms with Crippen molar-refractivity contribution in [1.29, 1.82) is 0 Å². The molecule has 3 rings (SSSR count). The zero-order valence-corrected chi connectivity index (χ0v) is 14.8. The molecule has 1 aromatic heterocycles. The molecule has 1 heterocycles. The number of aromatic nitrogens is 2. The fourth-order valence-corrected chi connectivity index (χ4v) is 2.52. The van der Waals surface area contributed by atoms with E-state index in [0.29, 0.717) is 10.8 Å². The van der Waals surface area contributed by atoms with Gasteiger partial charge >= 0.3 is 11.6 Å². The number of nitrogens with zero attached hydrogens (tertiary/aromatic N) is 4. The number of para-hydroxylation sites is 1. The molecule has 0 aliphatic heterocycles. The van der Waals surface area contributed by atoms with Crippen LogP contribution in [0, 0.1) is 17.0 Å². The Morgan fingerprint density at radius 2 is 1.88 bits per heavy atom. The summed E-state index contributed by atoms with van der Waals surface area (Å²) >= 11 is 6.00. The molecule has 0 aliphatic rings. The molecule has 0 radical (unpaired) electrons. The summed E-state index contributed by atoms with van der Waals surface area (Å²) in [5.41, 5.74) is 1.23. The summed E-state index contributed by atoms with van der Waals surface area (Å²) in [6.07, 6.45) is 1.24. The highest BCUT2D eigenvalue weighted by molar-refractivity contribution is 6.31. The van der Waals surface area contributed by atoms with Gasteiger partial charge in [0.2, 0.25) is 5.82 Å². The molecule has 0 N–H and O–H groups in total. The fraction of sp³-hybridized carbons (Fsp3) is 0.111. The Morgan fingerprint density at radius 3 is 2.54 bits per heavy atom. The minimum Gasteiger partial charge on any atom is -0.434 e. The van der Waals surface area contributed by atoms with Gasteiger partial charge in [0.15, 0.2) is 0 Å². The molecule has 26 heavy (non-hydrogen) atoms. The SMILES string of the molecule is Cc1cc(Oc2ncnc(N(C)c3ccccc3)c2[N+](=O)[O-])ccc1Cl. The Balaban J connectivity index is 2.03. The first-order valence-corrected chi connectivity index (χ1v) is 8.07. The van der Waals surface area contributed by atoms with Crippen LogP contribution in [0.3, 0.4) is 0 Å². The molecule has 8 heteroatoms. The standard InChI is InChI=1S/C18H15ClN4O3/c1-12-10-14(8-9-15(12)19)26-18-16(23(24)25)17(20-11-21-18)22(2)13-6-4-3-5-7-13/h3-11H,1-2H3. The predicted octanol–water partition coefficient (Wildman–Crippen LogP) is 4.91. The van der Waals surface area contributed by atoms with Crippen LogP contribution in [-0.4, -0.2) is 21.9 Å². The van der Waals surface area contributed by atoms with Gasteiger partial charge in [0.1, 0.15) is 12.1 Å². The minimum atomic E-state index is -0.549. The van der Waals surface area contributed by atoms with E-state index in [1.54, 1.807) is 30.1 Å². The third kappa shape index (κ3) is 3.57. The lowest BCUT2D eigenvalue weighted by molar-refractivity contribution is -0.385. The van der Waals surface area contributed by atoms with Crippen LogP contribution in [0.4, 0.5) is 17.2 Å². The summed E-state index contributed by atoms with van der Waals surface area (Å²) in [4.78, 5) is 20.8. The maximum Gasteiger partial charge on any atom is 0.373 e. The first kappa shape index (κ1) is 17.6. The van der Waals surface area contributed by atoms with Crippen molar-refractivity contribution in [2.75, 3.05) is 11.9 Å². The summed E-state index contributed by atoms with van der Waals surface area (Å²) in [6, 6.07) is 14.2. The van der Waals surface area contributed by atoms with Gasteiger partial charge in [-0.05, 0) is 42.8 Å². The normalized spacial score (nSPS) is 10.4. The van der Waals surface area contributed by atoms with Gasteiger partial charge in [0.05, 0.1) is 4.92 Å². The highest BCUT2D eigenvalue weighted by Crippen LogP contribution is 2.38. The number of hydrogen-bond donors (Lipinski definition) is 0. The van der Waals surface area contributed by atoms with Crippen LogP contribution in [0.15, 0.2) is 54.9 Å². The average molecular weight is 371 g/mol. The van der Waals surface area contributed by atoms with Crippen molar-refractivity contribution in [3.05, 3.63) is 75.6 Å². The van der Waals surface area contributed by atoms with Crippen molar-refractivity contribution in [3.63, 3.8) is 0 Å². The Bertz CT molecular complexity index is 950. The van der Waals surface area contributed by atoms with E-state index in [4.69, 9.17) is 16.3 Å². The first-order chi connectivity index (χ1) is 12.5. The molecule has 2 aromatic carbocycles. The van der Waals surface area contributed by atoms with Crippen molar-refractivity contribution in [2.24, 2.45) is 0 Å². The van der Waals surface area contributed by atoms with Crippen LogP contribution in [0.5, 0.6) is 11.6 Å². The second-order valence-electron chi connectivity index (χ2n) is 5.52. The van der Waals surface area contributed by atoms with E-state index in [1.165, 1.54) is 6.33 Å². The van der Waals surface area contributed by atoms with Crippen LogP contribution in [0.1, 0.15) is 5.56 Å². The Labute approximate surface area is 155 Å². The maximum absolute atomic E-state index is 11.7. The van der Waals surface area contributed by atoms with E-state index in [2.05, 4.69) is 9.97 Å². The zero-order valence-electron chi connectivity index (χ0n) is 14.1. The van der Waals surface area contributed by atoms with Crippen LogP contribution in [0.2, 0.25) is 5.02 Å². The van der Waals surface area contributed by atoms with E-state index >= 15 is 0 Å². The molecule has 0 unspecified atom stereocenters. The largest absolute Gasteiger partial charge is 0.434 e. The molecule has 0 fully saturated rings. The number of anilines is 2. The lowest BCUT2D eigenvalue weighted by Gasteiger charge is -2.18. The van der Waals surface area contributed by atoms with E-state index in [1.807, 2.05) is 37.3 Å². The summed E-state index contributed by atoms with van der Waals surface area (Å²) in [5.74, 6) is 0.406. The van der Waals surface area contributed by atoms with Crippen molar-refractivity contribution in [3.8, 4) is 11.6 Å². The molecule has 0 atom stereocenters. The summed E-state index contributed by atoms with van der Waals surface area (Å²) < 4.78 is 5.66. The van der Waals surface area contributed by atoms with Crippen molar-refractivity contribution in [1.82, 2.24) is 9.97 Å². The van der Waals surface area contributed by atoms with Crippen molar-refractivity contribution in [2.45, 2.75) is 6.92 Å². The summed E-state index contributed by atoms with van der Waals surface area (Å²) in [7, 11) is 1.70. The van der Waals surface area contributed by atoms with Gasteiger partial charge in [0.25, 0.3) is 0 Å². The molecule has 3 aromatic rings. The van der Waals surface area contributed by atoms with Gasteiger partial charge in [-0.2, -0.15) is 4.98 Å². The van der Waals surface area contributed by atoms with Gasteiger partial charge < -0.3 is 9.64 Å². The van der Waals surface area contributed by atoms with Crippen LogP contribution < -0.4 is 9.64 Å². The quantitative estimate of drug-likeness (QED) is 0.469. The number of ether oxygens (including phenoxy) is 1. The molecule has 0 amide bonds. The molecule has 0 saturated carbocycles. The average Bonchev–Trinajstić information content (AvgIpc) is 2.64. The second-order valence-corrected chi connectivity index (χ2v) is 5.92. The lowest BCUT2D eigenvalue weighted by Crippen LogP contribution is -2.14. The topological polar surface area (TPSA) is 81.4 Å². The Kier molecular flexibility index (Phi) is 4.99. The molecule has 7 nitrogen and oxygen atoms in total. The van der Waals surface area contributed by atoms with Gasteiger partial charge in [-0.1, -0.05) is 29.8 Å². The van der Waals surface area contributed by atoms with E-state index < -0.39 is 4.92 Å². The van der Waals surface area contributed by atoms with Gasteiger partial charge in [-0.15, -0.1) is 0 Å². The first-order valence-electron chi connectivity index (χ1n) is 7.69. The minimum absolute atomic E-state index is 0.135. The molecule has 0 bridgehead atoms. The van der Waals surface area contributed by atoms with E-state index in [0.717, 1.165) is 11.3 Å². The number of aryl methyl sites for hydroxylation is 1. The van der Waals surface area contributed by atoms with E-state index in [-0.39, 0.29) is 17.4 Å². The number of nitro groups is 1. The van der Waals surface area contributed by atoms with Gasteiger partial charge in [-0.3, -0.25) is 10.1 Å². The Morgan fingerprint density at radius 1 is 1.15 bits per heavy atom. The lowest BCUT2D eigenvalue weighted by atomic mass is 10.2. The molecular formula is C18H15ClN4O3. The van der Waals surface area contributed by atoms with Gasteiger partial charge in [-0.25, -0.2) is 4.98 Å². The smallest absolute Gasteiger partial charge is 0.373 e. The molecule has 0 aliphatic carbocycles. The van der Waals surface area contributed by atoms with Crippen LogP contribution >= 0.6 is 11.6 Å².